The van der Waals surface area contributed by atoms with E-state index in [0.717, 1.165) is 38.0 Å². The highest BCUT2D eigenvalue weighted by Gasteiger charge is 2.30. The smallest absolute Gasteiger partial charge is 0.267 e. The standard InChI is InChI=1S/C20H27N5O/c26-20-12-15-4-1-2-6-18(15)22-25(20)13-17-5-3-10-23(17)14-19-21-9-11-24(19)16-7-8-16/h9,11-12,16-17H,1-8,10,13-14H2. The summed E-state index contributed by atoms with van der Waals surface area (Å²) in [6.45, 7) is 2.67. The van der Waals surface area contributed by atoms with Gasteiger partial charge in [0.05, 0.1) is 18.8 Å². The molecule has 2 aromatic rings. The molecule has 1 atom stereocenters. The number of fused-ring (bicyclic) bond motifs is 1. The molecule has 0 spiro atoms. The Morgan fingerprint density at radius 3 is 2.88 bits per heavy atom. The van der Waals surface area contributed by atoms with Crippen LogP contribution in [0.5, 0.6) is 0 Å². The van der Waals surface area contributed by atoms with Crippen molar-refractivity contribution in [2.45, 2.75) is 76.5 Å². The van der Waals surface area contributed by atoms with Crippen LogP contribution in [0.3, 0.4) is 0 Å². The van der Waals surface area contributed by atoms with E-state index < -0.39 is 0 Å². The van der Waals surface area contributed by atoms with E-state index >= 15 is 0 Å². The number of hydrogen-bond acceptors (Lipinski definition) is 4. The van der Waals surface area contributed by atoms with Gasteiger partial charge in [-0.05, 0) is 63.5 Å². The zero-order valence-corrected chi connectivity index (χ0v) is 15.3. The van der Waals surface area contributed by atoms with Gasteiger partial charge in [0.2, 0.25) is 0 Å². The Hall–Kier alpha value is -1.95. The van der Waals surface area contributed by atoms with Crippen LogP contribution in [0.1, 0.15) is 61.6 Å². The summed E-state index contributed by atoms with van der Waals surface area (Å²) < 4.78 is 4.07. The molecule has 138 valence electrons. The van der Waals surface area contributed by atoms with Gasteiger partial charge in [-0.2, -0.15) is 5.10 Å². The van der Waals surface area contributed by atoms with Crippen LogP contribution in [0.4, 0.5) is 0 Å². The number of hydrogen-bond donors (Lipinski definition) is 0. The van der Waals surface area contributed by atoms with Gasteiger partial charge in [-0.15, -0.1) is 0 Å². The summed E-state index contributed by atoms with van der Waals surface area (Å²) in [5.41, 5.74) is 2.38. The summed E-state index contributed by atoms with van der Waals surface area (Å²) in [6.07, 6.45) is 13.3. The van der Waals surface area contributed by atoms with Crippen molar-refractivity contribution in [2.24, 2.45) is 0 Å². The Bertz CT molecular complexity index is 850. The molecule has 1 saturated heterocycles. The molecular formula is C20H27N5O. The quantitative estimate of drug-likeness (QED) is 0.828. The number of imidazole rings is 1. The van der Waals surface area contributed by atoms with Gasteiger partial charge < -0.3 is 4.57 Å². The van der Waals surface area contributed by atoms with Crippen LogP contribution < -0.4 is 5.56 Å². The second-order valence-corrected chi connectivity index (χ2v) is 8.09. The molecule has 5 rings (SSSR count). The minimum Gasteiger partial charge on any atom is -0.331 e. The SMILES string of the molecule is O=c1cc2c(nn1CC1CCCN1Cc1nccn1C1CC1)CCCC2. The van der Waals surface area contributed by atoms with Crippen molar-refractivity contribution in [3.8, 4) is 0 Å². The molecule has 3 aliphatic rings. The first-order valence-corrected chi connectivity index (χ1v) is 10.1. The molecule has 6 heteroatoms. The van der Waals surface area contributed by atoms with Crippen molar-refractivity contribution in [3.63, 3.8) is 0 Å². The molecule has 0 radical (unpaired) electrons. The van der Waals surface area contributed by atoms with Gasteiger partial charge in [0.25, 0.3) is 5.56 Å². The third kappa shape index (κ3) is 3.11. The van der Waals surface area contributed by atoms with Crippen LogP contribution >= 0.6 is 0 Å². The first-order valence-electron chi connectivity index (χ1n) is 10.1. The maximum absolute atomic E-state index is 12.5. The van der Waals surface area contributed by atoms with Gasteiger partial charge in [-0.3, -0.25) is 9.69 Å². The lowest BCUT2D eigenvalue weighted by atomic mass is 9.97. The minimum atomic E-state index is 0.0666. The topological polar surface area (TPSA) is 56.0 Å². The zero-order chi connectivity index (χ0) is 17.5. The molecule has 2 aliphatic carbocycles. The monoisotopic (exact) mass is 353 g/mol. The van der Waals surface area contributed by atoms with Gasteiger partial charge in [0.1, 0.15) is 5.82 Å². The summed E-state index contributed by atoms with van der Waals surface area (Å²) in [7, 11) is 0. The highest BCUT2D eigenvalue weighted by molar-refractivity contribution is 5.20. The van der Waals surface area contributed by atoms with Crippen LogP contribution in [0.15, 0.2) is 23.3 Å². The Morgan fingerprint density at radius 2 is 2.00 bits per heavy atom. The van der Waals surface area contributed by atoms with E-state index in [1.807, 2.05) is 12.3 Å². The van der Waals surface area contributed by atoms with Crippen molar-refractivity contribution in [1.82, 2.24) is 24.2 Å². The van der Waals surface area contributed by atoms with Crippen LogP contribution in [-0.2, 0) is 25.9 Å². The van der Waals surface area contributed by atoms with Gasteiger partial charge in [-0.1, -0.05) is 0 Å². The van der Waals surface area contributed by atoms with E-state index in [4.69, 9.17) is 5.10 Å². The van der Waals surface area contributed by atoms with E-state index in [0.29, 0.717) is 18.6 Å². The molecule has 6 nitrogen and oxygen atoms in total. The summed E-state index contributed by atoms with van der Waals surface area (Å²) >= 11 is 0. The number of aromatic nitrogens is 4. The molecule has 3 heterocycles. The molecule has 1 unspecified atom stereocenters. The lowest BCUT2D eigenvalue weighted by Gasteiger charge is -2.25. The molecule has 0 N–H and O–H groups in total. The first kappa shape index (κ1) is 16.2. The van der Waals surface area contributed by atoms with Crippen molar-refractivity contribution < 1.29 is 0 Å². The van der Waals surface area contributed by atoms with Crippen molar-refractivity contribution in [1.29, 1.82) is 0 Å². The maximum Gasteiger partial charge on any atom is 0.267 e. The highest BCUT2D eigenvalue weighted by atomic mass is 16.1. The fourth-order valence-corrected chi connectivity index (χ4v) is 4.57. The number of aryl methyl sites for hydroxylation is 2. The fourth-order valence-electron chi connectivity index (χ4n) is 4.57. The maximum atomic E-state index is 12.5. The average molecular weight is 353 g/mol. The van der Waals surface area contributed by atoms with Crippen LogP contribution in [-0.4, -0.2) is 36.8 Å². The van der Waals surface area contributed by atoms with E-state index in [-0.39, 0.29) is 5.56 Å². The molecule has 2 aromatic heterocycles. The Morgan fingerprint density at radius 1 is 1.12 bits per heavy atom. The van der Waals surface area contributed by atoms with Crippen molar-refractivity contribution in [2.75, 3.05) is 6.54 Å². The average Bonchev–Trinajstić information content (AvgIpc) is 3.23. The number of likely N-dealkylation sites (tertiary alicyclic amines) is 1. The Balaban J connectivity index is 1.33. The fraction of sp³-hybridized carbons (Fsp3) is 0.650. The van der Waals surface area contributed by atoms with Crippen LogP contribution in [0.25, 0.3) is 0 Å². The number of rotatable bonds is 5. The van der Waals surface area contributed by atoms with E-state index in [2.05, 4.69) is 20.6 Å². The van der Waals surface area contributed by atoms with Gasteiger partial charge in [0, 0.05) is 30.5 Å². The summed E-state index contributed by atoms with van der Waals surface area (Å²) in [5.74, 6) is 1.17. The van der Waals surface area contributed by atoms with Crippen molar-refractivity contribution >= 4 is 0 Å². The predicted octanol–water partition coefficient (Wildman–Crippen LogP) is 2.32. The van der Waals surface area contributed by atoms with Crippen LogP contribution in [0, 0.1) is 0 Å². The van der Waals surface area contributed by atoms with E-state index in [1.54, 1.807) is 4.68 Å². The van der Waals surface area contributed by atoms with Gasteiger partial charge in [-0.25, -0.2) is 9.67 Å². The predicted molar refractivity (Wildman–Crippen MR) is 99.1 cm³/mol. The highest BCUT2D eigenvalue weighted by Crippen LogP contribution is 2.36. The molecule has 26 heavy (non-hydrogen) atoms. The summed E-state index contributed by atoms with van der Waals surface area (Å²) in [5, 5.41) is 4.72. The minimum absolute atomic E-state index is 0.0666. The van der Waals surface area contributed by atoms with Crippen LogP contribution in [0.2, 0.25) is 0 Å². The Labute approximate surface area is 153 Å². The Kier molecular flexibility index (Phi) is 4.15. The largest absolute Gasteiger partial charge is 0.331 e. The van der Waals surface area contributed by atoms with Gasteiger partial charge >= 0.3 is 0 Å². The molecular weight excluding hydrogens is 326 g/mol. The molecule has 0 amide bonds. The van der Waals surface area contributed by atoms with Crippen molar-refractivity contribution in [3.05, 3.63) is 45.9 Å². The zero-order valence-electron chi connectivity index (χ0n) is 15.3. The van der Waals surface area contributed by atoms with E-state index in [9.17, 15) is 4.79 Å². The lowest BCUT2D eigenvalue weighted by molar-refractivity contribution is 0.208. The second-order valence-electron chi connectivity index (χ2n) is 8.09. The molecule has 1 aliphatic heterocycles. The van der Waals surface area contributed by atoms with E-state index in [1.165, 1.54) is 43.5 Å². The number of nitrogens with zero attached hydrogens (tertiary/aromatic N) is 5. The molecule has 0 bridgehead atoms. The van der Waals surface area contributed by atoms with Gasteiger partial charge in [0.15, 0.2) is 0 Å². The molecule has 0 aromatic carbocycles. The third-order valence-corrected chi connectivity index (χ3v) is 6.19. The third-order valence-electron chi connectivity index (χ3n) is 6.19. The lowest BCUT2D eigenvalue weighted by Crippen LogP contribution is -2.38. The first-order chi connectivity index (χ1) is 12.8. The second kappa shape index (κ2) is 6.65. The molecule has 1 saturated carbocycles. The summed E-state index contributed by atoms with van der Waals surface area (Å²) in [4.78, 5) is 19.6. The molecule has 2 fully saturated rings. The normalized spacial score (nSPS) is 23.3. The summed E-state index contributed by atoms with van der Waals surface area (Å²) in [6, 6.07) is 2.88.